The Hall–Kier alpha value is -2.08. The number of hydrogen-bond donors (Lipinski definition) is 0. The van der Waals surface area contributed by atoms with Crippen LogP contribution in [0.25, 0.3) is 0 Å². The van der Waals surface area contributed by atoms with Crippen molar-refractivity contribution < 1.29 is 13.7 Å². The number of rotatable bonds is 6. The van der Waals surface area contributed by atoms with Gasteiger partial charge in [-0.3, -0.25) is 9.69 Å². The van der Waals surface area contributed by atoms with Crippen LogP contribution in [0.2, 0.25) is 0 Å². The molecule has 6 heteroatoms. The van der Waals surface area contributed by atoms with Crippen LogP contribution in [-0.4, -0.2) is 41.0 Å². The van der Waals surface area contributed by atoms with Gasteiger partial charge in [-0.1, -0.05) is 12.1 Å². The first-order valence-electron chi connectivity index (χ1n) is 8.60. The molecule has 1 aliphatic rings. The van der Waals surface area contributed by atoms with Gasteiger partial charge in [-0.05, 0) is 37.9 Å². The Morgan fingerprint density at radius 1 is 1.46 bits per heavy atom. The lowest BCUT2D eigenvalue weighted by Gasteiger charge is -2.33. The molecule has 1 saturated heterocycles. The second-order valence-corrected chi connectivity index (χ2v) is 6.49. The summed E-state index contributed by atoms with van der Waals surface area (Å²) in [6.45, 7) is 5.06. The van der Waals surface area contributed by atoms with Crippen LogP contribution in [-0.2, 0) is 24.3 Å². The fourth-order valence-corrected chi connectivity index (χ4v) is 3.24. The van der Waals surface area contributed by atoms with E-state index in [1.165, 1.54) is 0 Å². The minimum absolute atomic E-state index is 0.0345. The third-order valence-corrected chi connectivity index (χ3v) is 4.55. The second-order valence-electron chi connectivity index (χ2n) is 6.49. The Kier molecular flexibility index (Phi) is 5.35. The summed E-state index contributed by atoms with van der Waals surface area (Å²) in [5, 5.41) is 3.98. The van der Waals surface area contributed by atoms with Crippen molar-refractivity contribution in [3.63, 3.8) is 0 Å². The average Bonchev–Trinajstić information content (AvgIpc) is 3.26. The number of aromatic nitrogens is 1. The van der Waals surface area contributed by atoms with E-state index in [0.717, 1.165) is 56.1 Å². The molecule has 1 atom stereocenters. The van der Waals surface area contributed by atoms with Gasteiger partial charge in [-0.15, -0.1) is 0 Å². The number of amides is 1. The molecule has 0 aliphatic carbocycles. The highest BCUT2D eigenvalue weighted by Crippen LogP contribution is 2.21. The highest BCUT2D eigenvalue weighted by molar-refractivity contribution is 5.78. The molecule has 2 aromatic rings. The van der Waals surface area contributed by atoms with Crippen LogP contribution in [0, 0.1) is 5.92 Å². The molecular formula is C18H25N3O3. The molecule has 0 unspecified atom stereocenters. The SMILES string of the molecule is CCc1cc(CN(C)C(=O)[C@H]2CCCN(Cc3ccco3)C2)on1. The molecule has 0 saturated carbocycles. The first kappa shape index (κ1) is 16.8. The van der Waals surface area contributed by atoms with Gasteiger partial charge in [-0.25, -0.2) is 0 Å². The Labute approximate surface area is 142 Å². The number of nitrogens with zero attached hydrogens (tertiary/aromatic N) is 3. The first-order chi connectivity index (χ1) is 11.7. The summed E-state index contributed by atoms with van der Waals surface area (Å²) >= 11 is 0. The predicted octanol–water partition coefficient (Wildman–Crippen LogP) is 2.70. The summed E-state index contributed by atoms with van der Waals surface area (Å²) in [7, 11) is 1.84. The molecule has 1 amide bonds. The van der Waals surface area contributed by atoms with Crippen LogP contribution in [0.3, 0.4) is 0 Å². The zero-order valence-electron chi connectivity index (χ0n) is 14.4. The highest BCUT2D eigenvalue weighted by Gasteiger charge is 2.28. The molecule has 0 aromatic carbocycles. The van der Waals surface area contributed by atoms with Crippen molar-refractivity contribution in [2.75, 3.05) is 20.1 Å². The number of likely N-dealkylation sites (tertiary alicyclic amines) is 1. The van der Waals surface area contributed by atoms with Crippen LogP contribution in [0.15, 0.2) is 33.4 Å². The lowest BCUT2D eigenvalue weighted by Crippen LogP contribution is -2.43. The van der Waals surface area contributed by atoms with Gasteiger partial charge in [0.05, 0.1) is 31.0 Å². The summed E-state index contributed by atoms with van der Waals surface area (Å²) in [4.78, 5) is 16.8. The van der Waals surface area contributed by atoms with Crippen molar-refractivity contribution in [3.05, 3.63) is 41.7 Å². The molecule has 0 radical (unpaired) electrons. The third-order valence-electron chi connectivity index (χ3n) is 4.55. The Morgan fingerprint density at radius 2 is 2.33 bits per heavy atom. The molecule has 24 heavy (non-hydrogen) atoms. The van der Waals surface area contributed by atoms with Gasteiger partial charge >= 0.3 is 0 Å². The molecule has 130 valence electrons. The zero-order chi connectivity index (χ0) is 16.9. The maximum Gasteiger partial charge on any atom is 0.227 e. The Morgan fingerprint density at radius 3 is 3.04 bits per heavy atom. The van der Waals surface area contributed by atoms with Crippen molar-refractivity contribution in [3.8, 4) is 0 Å². The maximum atomic E-state index is 12.7. The van der Waals surface area contributed by atoms with Gasteiger partial charge in [0.2, 0.25) is 5.91 Å². The standard InChI is InChI=1S/C18H25N3O3/c1-3-15-10-17(24-19-15)12-20(2)18(22)14-6-4-8-21(11-14)13-16-7-5-9-23-16/h5,7,9-10,14H,3-4,6,8,11-13H2,1-2H3/t14-/m0/s1. The fourth-order valence-electron chi connectivity index (χ4n) is 3.24. The number of furan rings is 1. The van der Waals surface area contributed by atoms with Crippen LogP contribution in [0.1, 0.15) is 37.0 Å². The molecule has 0 N–H and O–H groups in total. The van der Waals surface area contributed by atoms with E-state index in [1.54, 1.807) is 11.2 Å². The van der Waals surface area contributed by atoms with E-state index in [4.69, 9.17) is 8.94 Å². The normalized spacial score (nSPS) is 18.7. The van der Waals surface area contributed by atoms with Crippen molar-refractivity contribution in [1.29, 1.82) is 0 Å². The number of carbonyl (C=O) groups excluding carboxylic acids is 1. The van der Waals surface area contributed by atoms with E-state index in [2.05, 4.69) is 10.1 Å². The van der Waals surface area contributed by atoms with E-state index >= 15 is 0 Å². The summed E-state index contributed by atoms with van der Waals surface area (Å²) in [6, 6.07) is 5.80. The first-order valence-corrected chi connectivity index (χ1v) is 8.60. The molecule has 3 heterocycles. The quantitative estimate of drug-likeness (QED) is 0.814. The van der Waals surface area contributed by atoms with Gasteiger partial charge in [0.15, 0.2) is 5.76 Å². The van der Waals surface area contributed by atoms with E-state index in [1.807, 2.05) is 32.2 Å². The largest absolute Gasteiger partial charge is 0.468 e. The lowest BCUT2D eigenvalue weighted by atomic mass is 9.96. The predicted molar refractivity (Wildman–Crippen MR) is 89.1 cm³/mol. The van der Waals surface area contributed by atoms with E-state index in [0.29, 0.717) is 6.54 Å². The fraction of sp³-hybridized carbons (Fsp3) is 0.556. The van der Waals surface area contributed by atoms with E-state index in [9.17, 15) is 4.79 Å². The highest BCUT2D eigenvalue weighted by atomic mass is 16.5. The molecule has 0 bridgehead atoms. The number of piperidine rings is 1. The Balaban J connectivity index is 1.54. The van der Waals surface area contributed by atoms with Crippen molar-refractivity contribution in [2.45, 2.75) is 39.3 Å². The van der Waals surface area contributed by atoms with Crippen LogP contribution in [0.5, 0.6) is 0 Å². The minimum Gasteiger partial charge on any atom is -0.468 e. The smallest absolute Gasteiger partial charge is 0.227 e. The molecule has 2 aromatic heterocycles. The van der Waals surface area contributed by atoms with Gasteiger partial charge in [-0.2, -0.15) is 0 Å². The molecule has 1 fully saturated rings. The molecule has 1 aliphatic heterocycles. The lowest BCUT2D eigenvalue weighted by molar-refractivity contribution is -0.137. The topological polar surface area (TPSA) is 62.7 Å². The summed E-state index contributed by atoms with van der Waals surface area (Å²) in [5.41, 5.74) is 0.924. The number of aryl methyl sites for hydroxylation is 1. The molecule has 3 rings (SSSR count). The molecule has 0 spiro atoms. The van der Waals surface area contributed by atoms with Crippen molar-refractivity contribution in [2.24, 2.45) is 5.92 Å². The third kappa shape index (κ3) is 4.06. The summed E-state index contributed by atoms with van der Waals surface area (Å²) < 4.78 is 10.7. The van der Waals surface area contributed by atoms with Crippen LogP contribution < -0.4 is 0 Å². The van der Waals surface area contributed by atoms with Crippen LogP contribution in [0.4, 0.5) is 0 Å². The maximum absolute atomic E-state index is 12.7. The Bertz CT molecular complexity index is 650. The van der Waals surface area contributed by atoms with Gasteiger partial charge in [0.25, 0.3) is 0 Å². The molecule has 6 nitrogen and oxygen atoms in total. The monoisotopic (exact) mass is 331 g/mol. The summed E-state index contributed by atoms with van der Waals surface area (Å²) in [5.74, 6) is 1.90. The van der Waals surface area contributed by atoms with E-state index in [-0.39, 0.29) is 11.8 Å². The van der Waals surface area contributed by atoms with Crippen molar-refractivity contribution in [1.82, 2.24) is 15.0 Å². The molecular weight excluding hydrogens is 306 g/mol. The average molecular weight is 331 g/mol. The van der Waals surface area contributed by atoms with Crippen molar-refractivity contribution >= 4 is 5.91 Å². The summed E-state index contributed by atoms with van der Waals surface area (Å²) in [6.07, 6.45) is 4.50. The van der Waals surface area contributed by atoms with Crippen LogP contribution >= 0.6 is 0 Å². The number of hydrogen-bond acceptors (Lipinski definition) is 5. The number of carbonyl (C=O) groups is 1. The van der Waals surface area contributed by atoms with Gasteiger partial charge in [0, 0.05) is 19.7 Å². The van der Waals surface area contributed by atoms with Gasteiger partial charge < -0.3 is 13.8 Å². The van der Waals surface area contributed by atoms with E-state index < -0.39 is 0 Å². The minimum atomic E-state index is 0.0345. The van der Waals surface area contributed by atoms with Gasteiger partial charge in [0.1, 0.15) is 5.76 Å². The second kappa shape index (κ2) is 7.66. The zero-order valence-corrected chi connectivity index (χ0v) is 14.4.